The molecule has 0 radical (unpaired) electrons. The van der Waals surface area contributed by atoms with Crippen LogP contribution in [0.4, 0.5) is 11.4 Å². The largest absolute Gasteiger partial charge is 0.326 e. The molecule has 1 fully saturated rings. The molecule has 2 amide bonds. The van der Waals surface area contributed by atoms with Crippen molar-refractivity contribution in [3.8, 4) is 0 Å². The van der Waals surface area contributed by atoms with Gasteiger partial charge in [0.1, 0.15) is 0 Å². The van der Waals surface area contributed by atoms with E-state index < -0.39 is 0 Å². The maximum Gasteiger partial charge on any atom is 0.229 e. The molecule has 5 nitrogen and oxygen atoms in total. The van der Waals surface area contributed by atoms with Crippen LogP contribution in [0.2, 0.25) is 0 Å². The summed E-state index contributed by atoms with van der Waals surface area (Å²) in [4.78, 5) is 26.1. The van der Waals surface area contributed by atoms with Gasteiger partial charge in [-0.15, -0.1) is 0 Å². The fourth-order valence-corrected chi connectivity index (χ4v) is 3.38. The molecule has 5 heteroatoms. The Morgan fingerprint density at radius 2 is 1.52 bits per heavy atom. The zero-order valence-corrected chi connectivity index (χ0v) is 14.5. The fraction of sp³-hybridized carbons (Fsp3) is 0.300. The van der Waals surface area contributed by atoms with Gasteiger partial charge in [0.15, 0.2) is 0 Å². The van der Waals surface area contributed by atoms with Crippen molar-refractivity contribution in [1.82, 2.24) is 4.90 Å². The fourth-order valence-electron chi connectivity index (χ4n) is 3.38. The molecule has 0 aromatic heterocycles. The Morgan fingerprint density at radius 1 is 0.920 bits per heavy atom. The first-order valence-electron chi connectivity index (χ1n) is 8.45. The van der Waals surface area contributed by atoms with E-state index in [9.17, 15) is 9.59 Å². The summed E-state index contributed by atoms with van der Waals surface area (Å²) in [6.07, 6.45) is 0. The average Bonchev–Trinajstić information content (AvgIpc) is 2.99. The van der Waals surface area contributed by atoms with Crippen LogP contribution < -0.4 is 10.6 Å². The van der Waals surface area contributed by atoms with Gasteiger partial charge in [-0.3, -0.25) is 9.59 Å². The Balaban J connectivity index is 1.70. The molecule has 2 N–H and O–H groups in total. The van der Waals surface area contributed by atoms with Crippen molar-refractivity contribution in [1.29, 1.82) is 0 Å². The van der Waals surface area contributed by atoms with Crippen LogP contribution >= 0.6 is 0 Å². The van der Waals surface area contributed by atoms with Crippen molar-refractivity contribution < 1.29 is 9.59 Å². The molecule has 25 heavy (non-hydrogen) atoms. The summed E-state index contributed by atoms with van der Waals surface area (Å²) in [7, 11) is 2.05. The first-order valence-corrected chi connectivity index (χ1v) is 8.45. The summed E-state index contributed by atoms with van der Waals surface area (Å²) in [5.41, 5.74) is 2.65. The van der Waals surface area contributed by atoms with Gasteiger partial charge in [-0.1, -0.05) is 30.3 Å². The molecule has 2 aromatic carbocycles. The molecule has 130 valence electrons. The van der Waals surface area contributed by atoms with Gasteiger partial charge in [0.25, 0.3) is 0 Å². The highest BCUT2D eigenvalue weighted by molar-refractivity contribution is 5.94. The van der Waals surface area contributed by atoms with Gasteiger partial charge in [0.05, 0.1) is 5.92 Å². The van der Waals surface area contributed by atoms with E-state index in [0.717, 1.165) is 18.8 Å². The number of nitrogens with one attached hydrogen (secondary N) is 2. The van der Waals surface area contributed by atoms with Crippen LogP contribution in [0.15, 0.2) is 54.6 Å². The SMILES string of the molecule is CC(=O)Nc1ccc(NC(=O)[C@@H]2CN(C)C[C@@H]2c2ccccc2)cc1. The standard InChI is InChI=1S/C20H23N3O2/c1-14(24)21-16-8-10-17(11-9-16)22-20(25)19-13-23(2)12-18(19)15-6-4-3-5-7-15/h3-11,18-19H,12-13H2,1-2H3,(H,21,24)(H,22,25)/t18-,19-/m1/s1. The Labute approximate surface area is 148 Å². The van der Waals surface area contributed by atoms with Crippen LogP contribution in [0.25, 0.3) is 0 Å². The summed E-state index contributed by atoms with van der Waals surface area (Å²) in [6.45, 7) is 3.09. The molecule has 0 saturated carbocycles. The van der Waals surface area contributed by atoms with E-state index in [0.29, 0.717) is 5.69 Å². The Bertz CT molecular complexity index is 743. The predicted molar refractivity (Wildman–Crippen MR) is 99.5 cm³/mol. The molecule has 2 atom stereocenters. The number of anilines is 2. The third-order valence-electron chi connectivity index (χ3n) is 4.54. The van der Waals surface area contributed by atoms with E-state index in [2.05, 4.69) is 27.7 Å². The van der Waals surface area contributed by atoms with Crippen LogP contribution in [0.5, 0.6) is 0 Å². The monoisotopic (exact) mass is 337 g/mol. The Morgan fingerprint density at radius 3 is 2.12 bits per heavy atom. The van der Waals surface area contributed by atoms with Gasteiger partial charge < -0.3 is 15.5 Å². The zero-order chi connectivity index (χ0) is 17.8. The first kappa shape index (κ1) is 17.2. The molecular formula is C20H23N3O2. The normalized spacial score (nSPS) is 20.2. The number of benzene rings is 2. The van der Waals surface area contributed by atoms with Crippen molar-refractivity contribution in [2.45, 2.75) is 12.8 Å². The molecule has 1 aliphatic heterocycles. The van der Waals surface area contributed by atoms with Crippen LogP contribution in [-0.4, -0.2) is 36.9 Å². The van der Waals surface area contributed by atoms with Crippen molar-refractivity contribution in [3.63, 3.8) is 0 Å². The van der Waals surface area contributed by atoms with Crippen molar-refractivity contribution in [2.24, 2.45) is 5.92 Å². The summed E-state index contributed by atoms with van der Waals surface area (Å²) >= 11 is 0. The lowest BCUT2D eigenvalue weighted by atomic mass is 9.88. The molecule has 1 aliphatic rings. The van der Waals surface area contributed by atoms with Crippen LogP contribution in [0.3, 0.4) is 0 Å². The number of carbonyl (C=O) groups excluding carboxylic acids is 2. The quantitative estimate of drug-likeness (QED) is 0.902. The summed E-state index contributed by atoms with van der Waals surface area (Å²) in [6, 6.07) is 17.4. The minimum absolute atomic E-state index is 0.0329. The Kier molecular flexibility index (Phi) is 5.14. The number of likely N-dealkylation sites (tertiary alicyclic amines) is 1. The lowest BCUT2D eigenvalue weighted by Crippen LogP contribution is -2.28. The van der Waals surface area contributed by atoms with Crippen LogP contribution in [-0.2, 0) is 9.59 Å². The summed E-state index contributed by atoms with van der Waals surface area (Å²) < 4.78 is 0. The predicted octanol–water partition coefficient (Wildman–Crippen LogP) is 2.93. The third-order valence-corrected chi connectivity index (χ3v) is 4.54. The summed E-state index contributed by atoms with van der Waals surface area (Å²) in [5, 5.41) is 5.72. The van der Waals surface area contributed by atoms with Gasteiger partial charge in [0.2, 0.25) is 11.8 Å². The number of nitrogens with zero attached hydrogens (tertiary/aromatic N) is 1. The maximum atomic E-state index is 12.8. The summed E-state index contributed by atoms with van der Waals surface area (Å²) in [5.74, 6) is 0.0363. The highest BCUT2D eigenvalue weighted by Gasteiger charge is 2.36. The number of amides is 2. The van der Waals surface area contributed by atoms with Gasteiger partial charge in [-0.25, -0.2) is 0 Å². The lowest BCUT2D eigenvalue weighted by Gasteiger charge is -2.18. The molecule has 1 saturated heterocycles. The second-order valence-electron chi connectivity index (χ2n) is 6.59. The topological polar surface area (TPSA) is 61.4 Å². The minimum Gasteiger partial charge on any atom is -0.326 e. The van der Waals surface area contributed by atoms with Crippen LogP contribution in [0, 0.1) is 5.92 Å². The maximum absolute atomic E-state index is 12.8. The smallest absolute Gasteiger partial charge is 0.229 e. The Hall–Kier alpha value is -2.66. The highest BCUT2D eigenvalue weighted by atomic mass is 16.2. The van der Waals surface area contributed by atoms with Crippen molar-refractivity contribution >= 4 is 23.2 Å². The molecule has 0 spiro atoms. The molecule has 0 bridgehead atoms. The molecule has 1 heterocycles. The van der Waals surface area contributed by atoms with E-state index in [1.165, 1.54) is 12.5 Å². The van der Waals surface area contributed by atoms with E-state index in [1.54, 1.807) is 24.3 Å². The molecule has 0 unspecified atom stereocenters. The second-order valence-corrected chi connectivity index (χ2v) is 6.59. The number of hydrogen-bond donors (Lipinski definition) is 2. The number of hydrogen-bond acceptors (Lipinski definition) is 3. The van der Waals surface area contributed by atoms with Crippen molar-refractivity contribution in [3.05, 3.63) is 60.2 Å². The van der Waals surface area contributed by atoms with Crippen LogP contribution in [0.1, 0.15) is 18.4 Å². The van der Waals surface area contributed by atoms with Crippen molar-refractivity contribution in [2.75, 3.05) is 30.8 Å². The highest BCUT2D eigenvalue weighted by Crippen LogP contribution is 2.32. The van der Waals surface area contributed by atoms with E-state index >= 15 is 0 Å². The number of carbonyl (C=O) groups is 2. The van der Waals surface area contributed by atoms with Gasteiger partial charge in [0, 0.05) is 37.3 Å². The molecule has 0 aliphatic carbocycles. The third kappa shape index (κ3) is 4.25. The van der Waals surface area contributed by atoms with E-state index in [-0.39, 0.29) is 23.7 Å². The molecule has 2 aromatic rings. The first-order chi connectivity index (χ1) is 12.0. The minimum atomic E-state index is -0.114. The average molecular weight is 337 g/mol. The van der Waals surface area contributed by atoms with E-state index in [4.69, 9.17) is 0 Å². The van der Waals surface area contributed by atoms with Gasteiger partial charge in [-0.05, 0) is 36.9 Å². The van der Waals surface area contributed by atoms with E-state index in [1.807, 2.05) is 25.2 Å². The van der Waals surface area contributed by atoms with Gasteiger partial charge in [-0.2, -0.15) is 0 Å². The molecule has 3 rings (SSSR count). The number of rotatable bonds is 4. The lowest BCUT2D eigenvalue weighted by molar-refractivity contribution is -0.120. The zero-order valence-electron chi connectivity index (χ0n) is 14.5. The number of likely N-dealkylation sites (N-methyl/N-ethyl adjacent to an activating group) is 1. The second kappa shape index (κ2) is 7.49. The van der Waals surface area contributed by atoms with Gasteiger partial charge >= 0.3 is 0 Å². The molecular weight excluding hydrogens is 314 g/mol.